The van der Waals surface area contributed by atoms with Crippen LogP contribution in [0.5, 0.6) is 0 Å². The van der Waals surface area contributed by atoms with Gasteiger partial charge in [-0.05, 0) is 40.5 Å². The van der Waals surface area contributed by atoms with Crippen LogP contribution in [-0.4, -0.2) is 4.98 Å². The molecule has 0 atom stereocenters. The van der Waals surface area contributed by atoms with Gasteiger partial charge in [0.15, 0.2) is 0 Å². The van der Waals surface area contributed by atoms with Gasteiger partial charge in [-0.1, -0.05) is 92.7 Å². The molecule has 0 saturated carbocycles. The van der Waals surface area contributed by atoms with Crippen LogP contribution in [0.3, 0.4) is 0 Å². The average molecular weight is 349 g/mol. The zero-order chi connectivity index (χ0) is 18.7. The highest BCUT2D eigenvalue weighted by molar-refractivity contribution is 5.71. The Morgan fingerprint density at radius 3 is 1.93 bits per heavy atom. The second-order valence-electron chi connectivity index (χ2n) is 7.37. The second kappa shape index (κ2) is 7.20. The predicted molar refractivity (Wildman–Crippen MR) is 114 cm³/mol. The van der Waals surface area contributed by atoms with Crippen LogP contribution in [0.2, 0.25) is 0 Å². The molecule has 1 nitrogen and oxygen atoms in total. The standard InChI is InChI=1S/C26H23N/c1-26(2,23-14-7-4-8-15-23)24-16-17-27-25(19-24)22-13-9-12-21(18-22)20-10-5-3-6-11-20/h3-19H,1-2H3. The maximum Gasteiger partial charge on any atom is 0.0705 e. The molecule has 1 heteroatoms. The van der Waals surface area contributed by atoms with Crippen molar-refractivity contribution in [1.82, 2.24) is 4.98 Å². The zero-order valence-electron chi connectivity index (χ0n) is 15.8. The third-order valence-corrected chi connectivity index (χ3v) is 5.24. The van der Waals surface area contributed by atoms with E-state index >= 15 is 0 Å². The van der Waals surface area contributed by atoms with Crippen LogP contribution in [0.25, 0.3) is 22.4 Å². The summed E-state index contributed by atoms with van der Waals surface area (Å²) in [6, 6.07) is 34.1. The summed E-state index contributed by atoms with van der Waals surface area (Å²) < 4.78 is 0. The molecule has 0 spiro atoms. The fourth-order valence-corrected chi connectivity index (χ4v) is 3.49. The third-order valence-electron chi connectivity index (χ3n) is 5.24. The molecule has 0 aliphatic heterocycles. The fourth-order valence-electron chi connectivity index (χ4n) is 3.49. The van der Waals surface area contributed by atoms with Crippen molar-refractivity contribution in [1.29, 1.82) is 0 Å². The Morgan fingerprint density at radius 1 is 0.556 bits per heavy atom. The summed E-state index contributed by atoms with van der Waals surface area (Å²) in [6.45, 7) is 4.53. The van der Waals surface area contributed by atoms with Crippen LogP contribution < -0.4 is 0 Å². The SMILES string of the molecule is CC(C)(c1ccccc1)c1ccnc(-c2cccc(-c3ccccc3)c2)c1. The molecule has 27 heavy (non-hydrogen) atoms. The van der Waals surface area contributed by atoms with E-state index in [0.29, 0.717) is 0 Å². The molecule has 0 N–H and O–H groups in total. The molecule has 0 aliphatic carbocycles. The molecule has 0 unspecified atom stereocenters. The lowest BCUT2D eigenvalue weighted by atomic mass is 9.78. The largest absolute Gasteiger partial charge is 0.256 e. The summed E-state index contributed by atoms with van der Waals surface area (Å²) in [5.74, 6) is 0. The Balaban J connectivity index is 1.74. The van der Waals surface area contributed by atoms with Gasteiger partial charge in [-0.2, -0.15) is 0 Å². The van der Waals surface area contributed by atoms with Gasteiger partial charge in [-0.15, -0.1) is 0 Å². The smallest absolute Gasteiger partial charge is 0.0705 e. The molecule has 0 radical (unpaired) electrons. The Kier molecular flexibility index (Phi) is 4.60. The highest BCUT2D eigenvalue weighted by Gasteiger charge is 2.23. The highest BCUT2D eigenvalue weighted by Crippen LogP contribution is 2.33. The van der Waals surface area contributed by atoms with Crippen LogP contribution in [0.4, 0.5) is 0 Å². The van der Waals surface area contributed by atoms with E-state index in [1.807, 2.05) is 12.3 Å². The van der Waals surface area contributed by atoms with Crippen molar-refractivity contribution in [2.24, 2.45) is 0 Å². The molecule has 4 aromatic rings. The summed E-state index contributed by atoms with van der Waals surface area (Å²) in [7, 11) is 0. The minimum absolute atomic E-state index is 0.0734. The number of hydrogen-bond acceptors (Lipinski definition) is 1. The quantitative estimate of drug-likeness (QED) is 0.397. The first kappa shape index (κ1) is 17.2. The molecular weight excluding hydrogens is 326 g/mol. The molecule has 132 valence electrons. The Bertz CT molecular complexity index is 1030. The molecule has 0 saturated heterocycles. The Hall–Kier alpha value is -3.19. The number of pyridine rings is 1. The Morgan fingerprint density at radius 2 is 1.19 bits per heavy atom. The van der Waals surface area contributed by atoms with Crippen LogP contribution >= 0.6 is 0 Å². The highest BCUT2D eigenvalue weighted by atomic mass is 14.7. The summed E-state index contributed by atoms with van der Waals surface area (Å²) in [5.41, 5.74) is 7.08. The van der Waals surface area contributed by atoms with Crippen molar-refractivity contribution in [3.63, 3.8) is 0 Å². The molecule has 0 bridgehead atoms. The average Bonchev–Trinajstić information content (AvgIpc) is 2.75. The monoisotopic (exact) mass is 349 g/mol. The van der Waals surface area contributed by atoms with Crippen LogP contribution in [0, 0.1) is 0 Å². The Labute approximate surface area is 161 Å². The zero-order valence-corrected chi connectivity index (χ0v) is 15.8. The van der Waals surface area contributed by atoms with Gasteiger partial charge < -0.3 is 0 Å². The number of aromatic nitrogens is 1. The summed E-state index contributed by atoms with van der Waals surface area (Å²) in [4.78, 5) is 4.65. The van der Waals surface area contributed by atoms with Crippen LogP contribution in [0.1, 0.15) is 25.0 Å². The summed E-state index contributed by atoms with van der Waals surface area (Å²) >= 11 is 0. The van der Waals surface area contributed by atoms with Gasteiger partial charge in [-0.3, -0.25) is 4.98 Å². The van der Waals surface area contributed by atoms with E-state index in [2.05, 4.69) is 110 Å². The van der Waals surface area contributed by atoms with Crippen molar-refractivity contribution >= 4 is 0 Å². The molecule has 1 aromatic heterocycles. The van der Waals surface area contributed by atoms with E-state index in [1.165, 1.54) is 22.3 Å². The second-order valence-corrected chi connectivity index (χ2v) is 7.37. The number of benzene rings is 3. The van der Waals surface area contributed by atoms with E-state index in [-0.39, 0.29) is 5.41 Å². The molecule has 3 aromatic carbocycles. The van der Waals surface area contributed by atoms with Gasteiger partial charge in [0.2, 0.25) is 0 Å². The lowest BCUT2D eigenvalue weighted by Gasteiger charge is -2.26. The predicted octanol–water partition coefficient (Wildman–Crippen LogP) is 6.74. The molecule has 4 rings (SSSR count). The molecule has 0 amide bonds. The van der Waals surface area contributed by atoms with Crippen LogP contribution in [-0.2, 0) is 5.41 Å². The van der Waals surface area contributed by atoms with Gasteiger partial charge >= 0.3 is 0 Å². The van der Waals surface area contributed by atoms with Crippen molar-refractivity contribution in [3.05, 3.63) is 114 Å². The minimum Gasteiger partial charge on any atom is -0.256 e. The normalized spacial score (nSPS) is 11.3. The number of nitrogens with zero attached hydrogens (tertiary/aromatic N) is 1. The lowest BCUT2D eigenvalue weighted by molar-refractivity contribution is 0.640. The van der Waals surface area contributed by atoms with Crippen molar-refractivity contribution in [2.45, 2.75) is 19.3 Å². The molecular formula is C26H23N. The van der Waals surface area contributed by atoms with E-state index in [0.717, 1.165) is 11.3 Å². The third kappa shape index (κ3) is 3.54. The first-order valence-electron chi connectivity index (χ1n) is 9.32. The van der Waals surface area contributed by atoms with E-state index in [9.17, 15) is 0 Å². The summed E-state index contributed by atoms with van der Waals surface area (Å²) in [6.07, 6.45) is 1.92. The minimum atomic E-state index is -0.0734. The fraction of sp³-hybridized carbons (Fsp3) is 0.115. The number of rotatable bonds is 4. The maximum absolute atomic E-state index is 4.65. The van der Waals surface area contributed by atoms with Crippen LogP contribution in [0.15, 0.2) is 103 Å². The van der Waals surface area contributed by atoms with Crippen molar-refractivity contribution in [2.75, 3.05) is 0 Å². The lowest BCUT2D eigenvalue weighted by Crippen LogP contribution is -2.18. The molecule has 0 aliphatic rings. The first-order chi connectivity index (χ1) is 13.1. The van der Waals surface area contributed by atoms with Gasteiger partial charge in [0, 0.05) is 17.2 Å². The topological polar surface area (TPSA) is 12.9 Å². The van der Waals surface area contributed by atoms with Crippen molar-refractivity contribution in [3.8, 4) is 22.4 Å². The van der Waals surface area contributed by atoms with E-state index < -0.39 is 0 Å². The van der Waals surface area contributed by atoms with Gasteiger partial charge in [-0.25, -0.2) is 0 Å². The maximum atomic E-state index is 4.65. The van der Waals surface area contributed by atoms with Crippen molar-refractivity contribution < 1.29 is 0 Å². The summed E-state index contributed by atoms with van der Waals surface area (Å²) in [5, 5.41) is 0. The van der Waals surface area contributed by atoms with Gasteiger partial charge in [0.05, 0.1) is 5.69 Å². The number of hydrogen-bond donors (Lipinski definition) is 0. The van der Waals surface area contributed by atoms with E-state index in [1.54, 1.807) is 0 Å². The van der Waals surface area contributed by atoms with Gasteiger partial charge in [0.25, 0.3) is 0 Å². The van der Waals surface area contributed by atoms with Gasteiger partial charge in [0.1, 0.15) is 0 Å². The first-order valence-corrected chi connectivity index (χ1v) is 9.32. The molecule has 1 heterocycles. The molecule has 0 fully saturated rings. The van der Waals surface area contributed by atoms with E-state index in [4.69, 9.17) is 0 Å².